The highest BCUT2D eigenvalue weighted by atomic mass is 16.5. The Morgan fingerprint density at radius 2 is 1.79 bits per heavy atom. The van der Waals surface area contributed by atoms with Crippen LogP contribution in [0.5, 0.6) is 0 Å². The zero-order chi connectivity index (χ0) is 20.2. The molecule has 1 N–H and O–H groups in total. The standard InChI is InChI=1S/C23H21N3O3/c1-29-13-12-26(15-21-24-20-9-5-4-8-19(20)22(27)25-21)23(28)18-11-10-16-6-2-3-7-17(16)14-18/h2-11,14H,12-13,15H2,1H3,(H,24,25,27). The zero-order valence-corrected chi connectivity index (χ0v) is 16.1. The van der Waals surface area contributed by atoms with Gasteiger partial charge in [0, 0.05) is 19.2 Å². The molecule has 0 saturated heterocycles. The monoisotopic (exact) mass is 387 g/mol. The molecule has 0 fully saturated rings. The third kappa shape index (κ3) is 4.02. The molecule has 0 saturated carbocycles. The number of aromatic nitrogens is 2. The Balaban J connectivity index is 1.66. The van der Waals surface area contributed by atoms with E-state index < -0.39 is 0 Å². The first-order valence-corrected chi connectivity index (χ1v) is 9.40. The number of carbonyl (C=O) groups is 1. The first-order valence-electron chi connectivity index (χ1n) is 9.40. The van der Waals surface area contributed by atoms with Crippen molar-refractivity contribution in [2.24, 2.45) is 0 Å². The van der Waals surface area contributed by atoms with E-state index in [4.69, 9.17) is 4.74 Å². The second-order valence-corrected chi connectivity index (χ2v) is 6.81. The van der Waals surface area contributed by atoms with E-state index in [1.807, 2.05) is 48.5 Å². The van der Waals surface area contributed by atoms with Gasteiger partial charge in [-0.3, -0.25) is 9.59 Å². The number of benzene rings is 3. The summed E-state index contributed by atoms with van der Waals surface area (Å²) in [5.41, 5.74) is 0.981. The Hall–Kier alpha value is -3.51. The van der Waals surface area contributed by atoms with Gasteiger partial charge in [0.15, 0.2) is 0 Å². The Labute approximate surface area is 167 Å². The average Bonchev–Trinajstić information content (AvgIpc) is 2.76. The molecular weight excluding hydrogens is 366 g/mol. The lowest BCUT2D eigenvalue weighted by Crippen LogP contribution is -2.34. The summed E-state index contributed by atoms with van der Waals surface area (Å²) in [5.74, 6) is 0.308. The first kappa shape index (κ1) is 18.8. The smallest absolute Gasteiger partial charge is 0.258 e. The van der Waals surface area contributed by atoms with Gasteiger partial charge < -0.3 is 14.6 Å². The van der Waals surface area contributed by atoms with Crippen molar-refractivity contribution in [2.45, 2.75) is 6.54 Å². The predicted octanol–water partition coefficient (Wildman–Crippen LogP) is 3.37. The molecule has 6 heteroatoms. The van der Waals surface area contributed by atoms with Crippen molar-refractivity contribution in [1.29, 1.82) is 0 Å². The third-order valence-electron chi connectivity index (χ3n) is 4.85. The summed E-state index contributed by atoms with van der Waals surface area (Å²) in [6, 6.07) is 20.7. The van der Waals surface area contributed by atoms with Gasteiger partial charge in [0.2, 0.25) is 0 Å². The van der Waals surface area contributed by atoms with Crippen LogP contribution in [0.1, 0.15) is 16.2 Å². The minimum Gasteiger partial charge on any atom is -0.383 e. The van der Waals surface area contributed by atoms with E-state index >= 15 is 0 Å². The number of carbonyl (C=O) groups excluding carboxylic acids is 1. The minimum absolute atomic E-state index is 0.136. The van der Waals surface area contributed by atoms with Crippen LogP contribution in [0.2, 0.25) is 0 Å². The Kier molecular flexibility index (Phi) is 5.35. The van der Waals surface area contributed by atoms with Gasteiger partial charge in [-0.15, -0.1) is 0 Å². The molecule has 1 amide bonds. The summed E-state index contributed by atoms with van der Waals surface area (Å²) in [6.07, 6.45) is 0. The second-order valence-electron chi connectivity index (χ2n) is 6.81. The van der Waals surface area contributed by atoms with Crippen LogP contribution in [0.25, 0.3) is 21.7 Å². The first-order chi connectivity index (χ1) is 14.2. The van der Waals surface area contributed by atoms with E-state index in [1.54, 1.807) is 30.2 Å². The topological polar surface area (TPSA) is 75.3 Å². The molecule has 4 rings (SSSR count). The molecule has 0 bridgehead atoms. The molecule has 0 atom stereocenters. The number of rotatable bonds is 6. The number of aromatic amines is 1. The van der Waals surface area contributed by atoms with Crippen LogP contribution in [0.3, 0.4) is 0 Å². The highest BCUT2D eigenvalue weighted by Gasteiger charge is 2.18. The van der Waals surface area contributed by atoms with Crippen LogP contribution in [0.4, 0.5) is 0 Å². The number of nitrogens with zero attached hydrogens (tertiary/aromatic N) is 2. The van der Waals surface area contributed by atoms with Crippen LogP contribution in [-0.2, 0) is 11.3 Å². The average molecular weight is 387 g/mol. The molecule has 0 aliphatic rings. The molecule has 0 aliphatic carbocycles. The fraction of sp³-hybridized carbons (Fsp3) is 0.174. The van der Waals surface area contributed by atoms with Gasteiger partial charge in [0.05, 0.1) is 24.1 Å². The van der Waals surface area contributed by atoms with Gasteiger partial charge in [-0.1, -0.05) is 42.5 Å². The molecule has 6 nitrogen and oxygen atoms in total. The van der Waals surface area contributed by atoms with Crippen molar-refractivity contribution in [1.82, 2.24) is 14.9 Å². The van der Waals surface area contributed by atoms with E-state index in [0.717, 1.165) is 10.8 Å². The molecule has 0 aliphatic heterocycles. The summed E-state index contributed by atoms with van der Waals surface area (Å²) < 4.78 is 5.17. The van der Waals surface area contributed by atoms with Gasteiger partial charge >= 0.3 is 0 Å². The molecule has 1 heterocycles. The SMILES string of the molecule is COCCN(Cc1nc2ccccc2c(=O)[nH]1)C(=O)c1ccc2ccccc2c1. The van der Waals surface area contributed by atoms with E-state index in [-0.39, 0.29) is 18.0 Å². The molecule has 1 aromatic heterocycles. The van der Waals surface area contributed by atoms with Gasteiger partial charge in [-0.2, -0.15) is 0 Å². The summed E-state index contributed by atoms with van der Waals surface area (Å²) in [6.45, 7) is 0.963. The maximum absolute atomic E-state index is 13.2. The van der Waals surface area contributed by atoms with Gasteiger partial charge in [0.1, 0.15) is 5.82 Å². The minimum atomic E-state index is -0.213. The number of hydrogen-bond acceptors (Lipinski definition) is 4. The third-order valence-corrected chi connectivity index (χ3v) is 4.85. The number of amides is 1. The molecule has 3 aromatic carbocycles. The van der Waals surface area contributed by atoms with Crippen molar-refractivity contribution >= 4 is 27.6 Å². The number of nitrogens with one attached hydrogen (secondary N) is 1. The number of methoxy groups -OCH3 is 1. The fourth-order valence-corrected chi connectivity index (χ4v) is 3.35. The summed E-state index contributed by atoms with van der Waals surface area (Å²) in [4.78, 5) is 34.5. The Morgan fingerprint density at radius 1 is 1.03 bits per heavy atom. The summed E-state index contributed by atoms with van der Waals surface area (Å²) in [5, 5.41) is 2.61. The number of H-pyrrole nitrogens is 1. The predicted molar refractivity (Wildman–Crippen MR) is 113 cm³/mol. The molecule has 0 spiro atoms. The summed E-state index contributed by atoms with van der Waals surface area (Å²) in [7, 11) is 1.59. The maximum atomic E-state index is 13.2. The molecule has 4 aromatic rings. The molecule has 0 radical (unpaired) electrons. The number of para-hydroxylation sites is 1. The lowest BCUT2D eigenvalue weighted by Gasteiger charge is -2.22. The quantitative estimate of drug-likeness (QED) is 0.550. The molecule has 0 unspecified atom stereocenters. The largest absolute Gasteiger partial charge is 0.383 e. The fourth-order valence-electron chi connectivity index (χ4n) is 3.35. The number of ether oxygens (including phenoxy) is 1. The van der Waals surface area contributed by atoms with E-state index in [1.165, 1.54) is 0 Å². The van der Waals surface area contributed by atoms with Gasteiger partial charge in [-0.25, -0.2) is 4.98 Å². The Morgan fingerprint density at radius 3 is 2.62 bits per heavy atom. The van der Waals surface area contributed by atoms with Crippen molar-refractivity contribution in [2.75, 3.05) is 20.3 Å². The number of fused-ring (bicyclic) bond motifs is 2. The summed E-state index contributed by atoms with van der Waals surface area (Å²) >= 11 is 0. The van der Waals surface area contributed by atoms with E-state index in [0.29, 0.717) is 35.4 Å². The number of hydrogen-bond donors (Lipinski definition) is 1. The van der Waals surface area contributed by atoms with E-state index in [2.05, 4.69) is 9.97 Å². The molecule has 146 valence electrons. The highest BCUT2D eigenvalue weighted by Crippen LogP contribution is 2.18. The lowest BCUT2D eigenvalue weighted by molar-refractivity contribution is 0.0675. The van der Waals surface area contributed by atoms with Crippen molar-refractivity contribution in [3.8, 4) is 0 Å². The zero-order valence-electron chi connectivity index (χ0n) is 16.1. The molecular formula is C23H21N3O3. The van der Waals surface area contributed by atoms with Crippen LogP contribution in [0, 0.1) is 0 Å². The maximum Gasteiger partial charge on any atom is 0.258 e. The van der Waals surface area contributed by atoms with Crippen LogP contribution in [-0.4, -0.2) is 41.0 Å². The second kappa shape index (κ2) is 8.24. The van der Waals surface area contributed by atoms with Crippen molar-refractivity contribution < 1.29 is 9.53 Å². The van der Waals surface area contributed by atoms with Crippen molar-refractivity contribution in [3.05, 3.63) is 88.5 Å². The van der Waals surface area contributed by atoms with Crippen LogP contribution in [0.15, 0.2) is 71.5 Å². The highest BCUT2D eigenvalue weighted by molar-refractivity contribution is 5.98. The van der Waals surface area contributed by atoms with Crippen LogP contribution >= 0.6 is 0 Å². The lowest BCUT2D eigenvalue weighted by atomic mass is 10.1. The van der Waals surface area contributed by atoms with Crippen LogP contribution < -0.4 is 5.56 Å². The van der Waals surface area contributed by atoms with Gasteiger partial charge in [0.25, 0.3) is 11.5 Å². The van der Waals surface area contributed by atoms with E-state index in [9.17, 15) is 9.59 Å². The van der Waals surface area contributed by atoms with Gasteiger partial charge in [-0.05, 0) is 35.0 Å². The van der Waals surface area contributed by atoms with Crippen molar-refractivity contribution in [3.63, 3.8) is 0 Å². The molecule has 29 heavy (non-hydrogen) atoms. The Bertz CT molecular complexity index is 1230. The normalized spacial score (nSPS) is 11.1.